The molecule has 0 fully saturated rings. The number of methoxy groups -OCH3 is 2. The highest BCUT2D eigenvalue weighted by Crippen LogP contribution is 2.28. The highest BCUT2D eigenvalue weighted by Gasteiger charge is 2.21. The topological polar surface area (TPSA) is 111 Å². The molecule has 0 spiro atoms. The third kappa shape index (κ3) is 10.5. The number of rotatable bonds is 17. The van der Waals surface area contributed by atoms with Crippen LogP contribution in [0.5, 0.6) is 11.5 Å². The van der Waals surface area contributed by atoms with Gasteiger partial charge in [-0.05, 0) is 80.3 Å². The highest BCUT2D eigenvalue weighted by molar-refractivity contribution is 7.11. The first-order valence-electron chi connectivity index (χ1n) is 14.1. The molecular formula is C32H39N3O7S. The van der Waals surface area contributed by atoms with Crippen molar-refractivity contribution >= 4 is 34.9 Å². The summed E-state index contributed by atoms with van der Waals surface area (Å²) in [5.41, 5.74) is 1.61. The van der Waals surface area contributed by atoms with Crippen LogP contribution in [0, 0.1) is 17.0 Å². The van der Waals surface area contributed by atoms with Gasteiger partial charge >= 0.3 is 0 Å². The molecule has 0 aliphatic rings. The van der Waals surface area contributed by atoms with E-state index >= 15 is 0 Å². The Bertz CT molecular complexity index is 1390. The maximum atomic E-state index is 13.8. The van der Waals surface area contributed by atoms with E-state index in [1.165, 1.54) is 23.1 Å². The molecule has 0 radical (unpaired) electrons. The van der Waals surface area contributed by atoms with Crippen molar-refractivity contribution in [3.05, 3.63) is 91.7 Å². The summed E-state index contributed by atoms with van der Waals surface area (Å²) in [7, 11) is 3.17. The number of nitrogens with zero attached hydrogens (tertiary/aromatic N) is 3. The van der Waals surface area contributed by atoms with E-state index in [9.17, 15) is 19.7 Å². The summed E-state index contributed by atoms with van der Waals surface area (Å²) in [4.78, 5) is 43.0. The van der Waals surface area contributed by atoms with Crippen molar-refractivity contribution < 1.29 is 28.7 Å². The van der Waals surface area contributed by atoms with Crippen LogP contribution < -0.4 is 9.47 Å². The molecule has 0 aliphatic heterocycles. The van der Waals surface area contributed by atoms with Gasteiger partial charge in [-0.1, -0.05) is 6.07 Å². The van der Waals surface area contributed by atoms with Gasteiger partial charge in [0, 0.05) is 54.3 Å². The molecule has 1 heterocycles. The number of thiophene rings is 1. The Kier molecular flexibility index (Phi) is 13.2. The van der Waals surface area contributed by atoms with Crippen molar-refractivity contribution in [1.29, 1.82) is 0 Å². The second kappa shape index (κ2) is 17.0. The van der Waals surface area contributed by atoms with Crippen LogP contribution in [0.3, 0.4) is 0 Å². The van der Waals surface area contributed by atoms with Crippen LogP contribution in [0.25, 0.3) is 6.08 Å². The van der Waals surface area contributed by atoms with Gasteiger partial charge in [-0.2, -0.15) is 0 Å². The number of benzene rings is 2. The number of aryl methyl sites for hydroxylation is 1. The minimum absolute atomic E-state index is 0.0271. The Morgan fingerprint density at radius 1 is 0.977 bits per heavy atom. The molecule has 230 valence electrons. The fraction of sp³-hybridized carbons (Fsp3) is 0.375. The molecule has 0 unspecified atom stereocenters. The lowest BCUT2D eigenvalue weighted by atomic mass is 10.1. The van der Waals surface area contributed by atoms with Gasteiger partial charge in [0.15, 0.2) is 11.5 Å². The number of amides is 2. The average Bonchev–Trinajstić information content (AvgIpc) is 3.43. The SMILES string of the molecule is CCOCCCN(CC(=O)N(CCc1ccc(OC)c(OC)c1)Cc1ccc(C)s1)C(=O)/C=C/c1ccc([N+](=O)[O-])cc1. The summed E-state index contributed by atoms with van der Waals surface area (Å²) < 4.78 is 16.2. The van der Waals surface area contributed by atoms with Crippen LogP contribution in [0.1, 0.15) is 34.2 Å². The number of hydrogen-bond acceptors (Lipinski definition) is 8. The van der Waals surface area contributed by atoms with Gasteiger partial charge in [-0.15, -0.1) is 11.3 Å². The van der Waals surface area contributed by atoms with E-state index in [2.05, 4.69) is 0 Å². The average molecular weight is 610 g/mol. The summed E-state index contributed by atoms with van der Waals surface area (Å²) in [6.07, 6.45) is 4.16. The number of hydrogen-bond donors (Lipinski definition) is 0. The van der Waals surface area contributed by atoms with E-state index in [4.69, 9.17) is 14.2 Å². The third-order valence-corrected chi connectivity index (χ3v) is 7.68. The van der Waals surface area contributed by atoms with Gasteiger partial charge in [-0.3, -0.25) is 19.7 Å². The zero-order valence-corrected chi connectivity index (χ0v) is 25.9. The Labute approximate surface area is 256 Å². The van der Waals surface area contributed by atoms with Gasteiger partial charge in [0.25, 0.3) is 5.69 Å². The van der Waals surface area contributed by atoms with E-state index in [1.54, 1.807) is 48.7 Å². The number of carbonyl (C=O) groups is 2. The predicted octanol–water partition coefficient (Wildman–Crippen LogP) is 5.52. The van der Waals surface area contributed by atoms with Gasteiger partial charge < -0.3 is 24.0 Å². The molecular weight excluding hydrogens is 570 g/mol. The zero-order chi connectivity index (χ0) is 31.2. The van der Waals surface area contributed by atoms with Crippen LogP contribution in [0.4, 0.5) is 5.69 Å². The third-order valence-electron chi connectivity index (χ3n) is 6.69. The summed E-state index contributed by atoms with van der Waals surface area (Å²) >= 11 is 1.64. The van der Waals surface area contributed by atoms with Crippen molar-refractivity contribution in [1.82, 2.24) is 9.80 Å². The number of nitro benzene ring substituents is 1. The van der Waals surface area contributed by atoms with Crippen LogP contribution in [-0.4, -0.2) is 73.6 Å². The van der Waals surface area contributed by atoms with Crippen LogP contribution in [0.15, 0.2) is 60.7 Å². The Morgan fingerprint density at radius 2 is 1.72 bits per heavy atom. The van der Waals surface area contributed by atoms with Crippen molar-refractivity contribution in [2.75, 3.05) is 47.1 Å². The zero-order valence-electron chi connectivity index (χ0n) is 25.1. The molecule has 43 heavy (non-hydrogen) atoms. The first-order chi connectivity index (χ1) is 20.7. The van der Waals surface area contributed by atoms with Crippen molar-refractivity contribution in [2.24, 2.45) is 0 Å². The molecule has 0 N–H and O–H groups in total. The van der Waals surface area contributed by atoms with E-state index in [-0.39, 0.29) is 24.0 Å². The molecule has 0 saturated carbocycles. The van der Waals surface area contributed by atoms with Crippen LogP contribution in [0.2, 0.25) is 0 Å². The second-order valence-electron chi connectivity index (χ2n) is 9.76. The van der Waals surface area contributed by atoms with Gasteiger partial charge in [0.2, 0.25) is 11.8 Å². The predicted molar refractivity (Wildman–Crippen MR) is 168 cm³/mol. The summed E-state index contributed by atoms with van der Waals surface area (Å²) in [5, 5.41) is 10.9. The number of nitro groups is 1. The summed E-state index contributed by atoms with van der Waals surface area (Å²) in [6, 6.07) is 15.7. The molecule has 1 aromatic heterocycles. The molecule has 0 aliphatic carbocycles. The normalized spacial score (nSPS) is 11.0. The molecule has 2 amide bonds. The van der Waals surface area contributed by atoms with E-state index in [0.29, 0.717) is 62.8 Å². The van der Waals surface area contributed by atoms with Crippen molar-refractivity contribution in [3.8, 4) is 11.5 Å². The molecule has 3 aromatic rings. The first-order valence-corrected chi connectivity index (χ1v) is 14.9. The van der Waals surface area contributed by atoms with E-state index in [0.717, 1.165) is 15.3 Å². The lowest BCUT2D eigenvalue weighted by Crippen LogP contribution is -2.43. The molecule has 0 saturated heterocycles. The minimum Gasteiger partial charge on any atom is -0.493 e. The molecule has 0 atom stereocenters. The van der Waals surface area contributed by atoms with Crippen molar-refractivity contribution in [2.45, 2.75) is 33.2 Å². The Morgan fingerprint density at radius 3 is 2.35 bits per heavy atom. The number of non-ortho nitro benzene ring substituents is 1. The molecule has 11 heteroatoms. The first kappa shape index (κ1) is 33.3. The highest BCUT2D eigenvalue weighted by atomic mass is 32.1. The molecule has 10 nitrogen and oxygen atoms in total. The van der Waals surface area contributed by atoms with Gasteiger partial charge in [0.1, 0.15) is 6.54 Å². The Balaban J connectivity index is 1.77. The quantitative estimate of drug-likeness (QED) is 0.0857. The monoisotopic (exact) mass is 609 g/mol. The summed E-state index contributed by atoms with van der Waals surface area (Å²) in [6.45, 7) is 6.11. The van der Waals surface area contributed by atoms with Gasteiger partial charge in [-0.25, -0.2) is 0 Å². The van der Waals surface area contributed by atoms with E-state index < -0.39 is 4.92 Å². The fourth-order valence-corrected chi connectivity index (χ4v) is 5.27. The summed E-state index contributed by atoms with van der Waals surface area (Å²) in [5.74, 6) is 0.768. The largest absolute Gasteiger partial charge is 0.493 e. The minimum atomic E-state index is -0.473. The molecule has 0 bridgehead atoms. The number of ether oxygens (including phenoxy) is 3. The lowest BCUT2D eigenvalue weighted by Gasteiger charge is -2.27. The maximum absolute atomic E-state index is 13.8. The fourth-order valence-electron chi connectivity index (χ4n) is 4.36. The van der Waals surface area contributed by atoms with Gasteiger partial charge in [0.05, 0.1) is 25.7 Å². The maximum Gasteiger partial charge on any atom is 0.269 e. The second-order valence-corrected chi connectivity index (χ2v) is 11.1. The smallest absolute Gasteiger partial charge is 0.269 e. The van der Waals surface area contributed by atoms with E-state index in [1.807, 2.05) is 44.2 Å². The van der Waals surface area contributed by atoms with Crippen LogP contribution >= 0.6 is 11.3 Å². The van der Waals surface area contributed by atoms with Crippen LogP contribution in [-0.2, 0) is 27.3 Å². The van der Waals surface area contributed by atoms with Crippen molar-refractivity contribution in [3.63, 3.8) is 0 Å². The standard InChI is InChI=1S/C32H39N3O7S/c1-5-42-20-6-18-33(31(36)16-11-25-8-12-27(13-9-25)35(38)39)23-32(37)34(22-28-14-7-24(2)43-28)19-17-26-10-15-29(40-3)30(21-26)41-4/h7-16,21H,5-6,17-20,22-23H2,1-4H3/b16-11+. The lowest BCUT2D eigenvalue weighted by molar-refractivity contribution is -0.384. The number of carbonyl (C=O) groups excluding carboxylic acids is 2. The molecule has 2 aromatic carbocycles. The molecule has 3 rings (SSSR count). The Hall–Kier alpha value is -4.22.